The molecule has 13 heavy (non-hydrogen) atoms. The first kappa shape index (κ1) is 8.47. The van der Waals surface area contributed by atoms with Crippen molar-refractivity contribution in [3.63, 3.8) is 0 Å². The number of nitrogens with one attached hydrogen (secondary N) is 1. The van der Waals surface area contributed by atoms with E-state index in [1.807, 2.05) is 0 Å². The molecule has 0 saturated carbocycles. The number of rotatable bonds is 3. The number of nitrogens with zero attached hydrogens (tertiary/aromatic N) is 1. The van der Waals surface area contributed by atoms with Gasteiger partial charge in [0.1, 0.15) is 5.82 Å². The Labute approximate surface area is 80.6 Å². The second kappa shape index (κ2) is 3.72. The molecular formula is C9H11N3S. The molecule has 2 heterocycles. The lowest BCUT2D eigenvalue weighted by Gasteiger charge is -2.06. The molecule has 3 nitrogen and oxygen atoms in total. The molecule has 2 rings (SSSR count). The Balaban J connectivity index is 2.04. The molecule has 2 aromatic heterocycles. The summed E-state index contributed by atoms with van der Waals surface area (Å²) in [5.74, 6) is 0.853. The van der Waals surface area contributed by atoms with Crippen LogP contribution in [0, 0.1) is 0 Å². The van der Waals surface area contributed by atoms with Crippen LogP contribution < -0.4 is 5.73 Å². The predicted molar refractivity (Wildman–Crippen MR) is 53.5 cm³/mol. The van der Waals surface area contributed by atoms with E-state index >= 15 is 0 Å². The SMILES string of the molecule is NC(Cc1ccsc1)c1ncc[nH]1. The quantitative estimate of drug-likeness (QED) is 0.779. The van der Waals surface area contributed by atoms with Gasteiger partial charge in [0.2, 0.25) is 0 Å². The maximum Gasteiger partial charge on any atom is 0.123 e. The Bertz CT molecular complexity index is 339. The molecule has 0 spiro atoms. The number of thiophene rings is 1. The number of imidazole rings is 1. The van der Waals surface area contributed by atoms with Gasteiger partial charge in [-0.05, 0) is 28.8 Å². The van der Waals surface area contributed by atoms with Crippen molar-refractivity contribution >= 4 is 11.3 Å². The van der Waals surface area contributed by atoms with E-state index in [1.54, 1.807) is 23.7 Å². The van der Waals surface area contributed by atoms with Gasteiger partial charge in [-0.3, -0.25) is 0 Å². The standard InChI is InChI=1S/C9H11N3S/c10-8(9-11-2-3-12-9)5-7-1-4-13-6-7/h1-4,6,8H,5,10H2,(H,11,12). The van der Waals surface area contributed by atoms with Crippen molar-refractivity contribution in [1.82, 2.24) is 9.97 Å². The number of hydrogen-bond donors (Lipinski definition) is 2. The van der Waals surface area contributed by atoms with E-state index in [0.29, 0.717) is 0 Å². The zero-order chi connectivity index (χ0) is 9.10. The van der Waals surface area contributed by atoms with E-state index in [9.17, 15) is 0 Å². The third kappa shape index (κ3) is 1.96. The molecule has 3 N–H and O–H groups in total. The molecule has 0 saturated heterocycles. The van der Waals surface area contributed by atoms with Crippen molar-refractivity contribution in [1.29, 1.82) is 0 Å². The lowest BCUT2D eigenvalue weighted by atomic mass is 10.1. The van der Waals surface area contributed by atoms with Gasteiger partial charge in [-0.25, -0.2) is 4.98 Å². The Morgan fingerprint density at radius 2 is 2.54 bits per heavy atom. The zero-order valence-corrected chi connectivity index (χ0v) is 7.92. The highest BCUT2D eigenvalue weighted by molar-refractivity contribution is 7.07. The van der Waals surface area contributed by atoms with Crippen LogP contribution in [-0.4, -0.2) is 9.97 Å². The minimum atomic E-state index is -0.0235. The fraction of sp³-hybridized carbons (Fsp3) is 0.222. The summed E-state index contributed by atoms with van der Waals surface area (Å²) in [6, 6.07) is 2.07. The fourth-order valence-electron chi connectivity index (χ4n) is 1.24. The summed E-state index contributed by atoms with van der Waals surface area (Å²) < 4.78 is 0. The van der Waals surface area contributed by atoms with Crippen LogP contribution in [0.5, 0.6) is 0 Å². The summed E-state index contributed by atoms with van der Waals surface area (Å²) in [5.41, 5.74) is 7.21. The van der Waals surface area contributed by atoms with E-state index in [2.05, 4.69) is 26.8 Å². The van der Waals surface area contributed by atoms with Crippen LogP contribution >= 0.6 is 11.3 Å². The second-order valence-corrected chi connectivity index (χ2v) is 3.70. The summed E-state index contributed by atoms with van der Waals surface area (Å²) in [4.78, 5) is 7.14. The van der Waals surface area contributed by atoms with E-state index < -0.39 is 0 Å². The van der Waals surface area contributed by atoms with E-state index in [4.69, 9.17) is 5.73 Å². The summed E-state index contributed by atoms with van der Waals surface area (Å²) in [6.07, 6.45) is 4.36. The monoisotopic (exact) mass is 193 g/mol. The lowest BCUT2D eigenvalue weighted by Crippen LogP contribution is -2.14. The maximum absolute atomic E-state index is 5.94. The molecular weight excluding hydrogens is 182 g/mol. The van der Waals surface area contributed by atoms with E-state index in [0.717, 1.165) is 12.2 Å². The molecule has 1 unspecified atom stereocenters. The fourth-order valence-corrected chi connectivity index (χ4v) is 1.92. The average Bonchev–Trinajstić information content (AvgIpc) is 2.74. The van der Waals surface area contributed by atoms with Crippen molar-refractivity contribution in [2.75, 3.05) is 0 Å². The first-order chi connectivity index (χ1) is 6.36. The molecule has 0 aromatic carbocycles. The molecule has 68 valence electrons. The maximum atomic E-state index is 5.94. The molecule has 0 bridgehead atoms. The third-order valence-corrected chi connectivity index (χ3v) is 2.64. The van der Waals surface area contributed by atoms with Crippen molar-refractivity contribution in [2.45, 2.75) is 12.5 Å². The Kier molecular flexibility index (Phi) is 2.42. The Morgan fingerprint density at radius 1 is 1.62 bits per heavy atom. The molecule has 0 aliphatic rings. The minimum absolute atomic E-state index is 0.0235. The highest BCUT2D eigenvalue weighted by Gasteiger charge is 2.08. The highest BCUT2D eigenvalue weighted by Crippen LogP contribution is 2.14. The highest BCUT2D eigenvalue weighted by atomic mass is 32.1. The van der Waals surface area contributed by atoms with Gasteiger partial charge in [0, 0.05) is 12.4 Å². The van der Waals surface area contributed by atoms with Crippen LogP contribution in [0.4, 0.5) is 0 Å². The summed E-state index contributed by atoms with van der Waals surface area (Å²) in [6.45, 7) is 0. The normalized spacial score (nSPS) is 13.0. The lowest BCUT2D eigenvalue weighted by molar-refractivity contribution is 0.679. The van der Waals surface area contributed by atoms with Crippen molar-refractivity contribution in [3.05, 3.63) is 40.6 Å². The van der Waals surface area contributed by atoms with Crippen LogP contribution in [0.25, 0.3) is 0 Å². The molecule has 0 radical (unpaired) electrons. The number of H-pyrrole nitrogens is 1. The molecule has 0 aliphatic heterocycles. The Morgan fingerprint density at radius 3 is 3.15 bits per heavy atom. The van der Waals surface area contributed by atoms with Crippen LogP contribution in [0.3, 0.4) is 0 Å². The van der Waals surface area contributed by atoms with Gasteiger partial charge in [0.25, 0.3) is 0 Å². The first-order valence-electron chi connectivity index (χ1n) is 4.12. The minimum Gasteiger partial charge on any atom is -0.347 e. The van der Waals surface area contributed by atoms with Gasteiger partial charge in [0.15, 0.2) is 0 Å². The van der Waals surface area contributed by atoms with E-state index in [1.165, 1.54) is 5.56 Å². The predicted octanol–water partition coefficient (Wildman–Crippen LogP) is 1.71. The van der Waals surface area contributed by atoms with Crippen molar-refractivity contribution in [3.8, 4) is 0 Å². The zero-order valence-electron chi connectivity index (χ0n) is 7.10. The molecule has 2 aromatic rings. The average molecular weight is 193 g/mol. The molecule has 1 atom stereocenters. The topological polar surface area (TPSA) is 54.7 Å². The Hall–Kier alpha value is -1.13. The number of aromatic amines is 1. The van der Waals surface area contributed by atoms with Crippen LogP contribution in [0.1, 0.15) is 17.4 Å². The van der Waals surface area contributed by atoms with E-state index in [-0.39, 0.29) is 6.04 Å². The summed E-state index contributed by atoms with van der Waals surface area (Å²) in [7, 11) is 0. The van der Waals surface area contributed by atoms with Gasteiger partial charge in [-0.15, -0.1) is 0 Å². The van der Waals surface area contributed by atoms with Crippen LogP contribution in [0.2, 0.25) is 0 Å². The van der Waals surface area contributed by atoms with Crippen molar-refractivity contribution < 1.29 is 0 Å². The van der Waals surface area contributed by atoms with Gasteiger partial charge in [-0.2, -0.15) is 11.3 Å². The number of nitrogens with two attached hydrogens (primary N) is 1. The second-order valence-electron chi connectivity index (χ2n) is 2.92. The first-order valence-corrected chi connectivity index (χ1v) is 5.06. The van der Waals surface area contributed by atoms with Gasteiger partial charge in [0.05, 0.1) is 6.04 Å². The van der Waals surface area contributed by atoms with Crippen molar-refractivity contribution in [2.24, 2.45) is 5.73 Å². The number of aromatic nitrogens is 2. The smallest absolute Gasteiger partial charge is 0.123 e. The largest absolute Gasteiger partial charge is 0.347 e. The molecule has 0 fully saturated rings. The summed E-state index contributed by atoms with van der Waals surface area (Å²) >= 11 is 1.69. The third-order valence-electron chi connectivity index (χ3n) is 1.91. The van der Waals surface area contributed by atoms with Crippen LogP contribution in [-0.2, 0) is 6.42 Å². The molecule has 4 heteroatoms. The summed E-state index contributed by atoms with van der Waals surface area (Å²) in [5, 5.41) is 4.17. The van der Waals surface area contributed by atoms with Gasteiger partial charge < -0.3 is 10.7 Å². The molecule has 0 aliphatic carbocycles. The van der Waals surface area contributed by atoms with Gasteiger partial charge >= 0.3 is 0 Å². The van der Waals surface area contributed by atoms with Crippen LogP contribution in [0.15, 0.2) is 29.2 Å². The number of hydrogen-bond acceptors (Lipinski definition) is 3. The molecule has 0 amide bonds. The van der Waals surface area contributed by atoms with Gasteiger partial charge in [-0.1, -0.05) is 0 Å².